The molecule has 0 aromatic rings. The Morgan fingerprint density at radius 1 is 0.780 bits per heavy atom. The number of carboxylic acid groups (broad SMARTS) is 1. The van der Waals surface area contributed by atoms with Gasteiger partial charge in [0.05, 0.1) is 24.9 Å². The van der Waals surface area contributed by atoms with E-state index in [2.05, 4.69) is 0 Å². The molecule has 2 aliphatic carbocycles. The first-order chi connectivity index (χ1) is 19.5. The Labute approximate surface area is 240 Å². The lowest BCUT2D eigenvalue weighted by atomic mass is 9.85. The number of carbonyl (C=O) groups is 1. The van der Waals surface area contributed by atoms with Gasteiger partial charge in [0.1, 0.15) is 42.7 Å². The molecule has 0 amide bonds. The maximum atomic E-state index is 12.1. The molecule has 4 rings (SSSR count). The highest BCUT2D eigenvalue weighted by Gasteiger charge is 2.50. The molecule has 2 saturated carbocycles. The number of hydrogen-bond donors (Lipinski definition) is 7. The summed E-state index contributed by atoms with van der Waals surface area (Å²) in [6, 6.07) is 0. The molecular weight excluding hydrogens is 544 g/mol. The van der Waals surface area contributed by atoms with E-state index < -0.39 is 92.3 Å². The van der Waals surface area contributed by atoms with Crippen LogP contribution in [0.25, 0.3) is 0 Å². The fraction of sp³-hybridized carbons (Fsp3) is 0.964. The van der Waals surface area contributed by atoms with Gasteiger partial charge in [-0.15, -0.1) is 0 Å². The summed E-state index contributed by atoms with van der Waals surface area (Å²) in [5.41, 5.74) is 0. The lowest BCUT2D eigenvalue weighted by molar-refractivity contribution is -0.348. The Bertz CT molecular complexity index is 825. The Morgan fingerprint density at radius 2 is 1.46 bits per heavy atom. The molecule has 4 fully saturated rings. The number of ether oxygens (including phenoxy) is 5. The van der Waals surface area contributed by atoms with Crippen molar-refractivity contribution in [2.45, 2.75) is 151 Å². The Kier molecular flexibility index (Phi) is 11.8. The second kappa shape index (κ2) is 14.7. The molecule has 238 valence electrons. The first-order valence-corrected chi connectivity index (χ1v) is 15.0. The zero-order valence-corrected chi connectivity index (χ0v) is 23.8. The number of aliphatic hydroxyl groups is 6. The van der Waals surface area contributed by atoms with E-state index in [1.54, 1.807) is 6.92 Å². The Hall–Kier alpha value is -0.970. The van der Waals surface area contributed by atoms with Gasteiger partial charge in [-0.25, -0.2) is 4.79 Å². The zero-order valence-electron chi connectivity index (χ0n) is 23.8. The van der Waals surface area contributed by atoms with Crippen molar-refractivity contribution in [1.82, 2.24) is 0 Å². The summed E-state index contributed by atoms with van der Waals surface area (Å²) in [7, 11) is 0. The van der Waals surface area contributed by atoms with E-state index in [1.807, 2.05) is 6.92 Å². The highest BCUT2D eigenvalue weighted by atomic mass is 16.7. The summed E-state index contributed by atoms with van der Waals surface area (Å²) in [4.78, 5) is 12.1. The summed E-state index contributed by atoms with van der Waals surface area (Å²) in [5, 5.41) is 72.6. The quantitative estimate of drug-likeness (QED) is 0.174. The highest BCUT2D eigenvalue weighted by Crippen LogP contribution is 2.36. The van der Waals surface area contributed by atoms with Crippen LogP contribution in [-0.2, 0) is 28.5 Å². The van der Waals surface area contributed by atoms with Gasteiger partial charge in [0.25, 0.3) is 0 Å². The molecule has 2 aliphatic heterocycles. The van der Waals surface area contributed by atoms with Gasteiger partial charge in [0.15, 0.2) is 18.7 Å². The zero-order chi connectivity index (χ0) is 29.8. The first-order valence-electron chi connectivity index (χ1n) is 15.0. The molecule has 13 heteroatoms. The number of hydrogen-bond acceptors (Lipinski definition) is 12. The molecule has 0 aromatic heterocycles. The summed E-state index contributed by atoms with van der Waals surface area (Å²) in [5.74, 6) is -1.11. The maximum Gasteiger partial charge on any atom is 0.332 e. The molecule has 2 saturated heterocycles. The molecule has 14 atom stereocenters. The molecule has 0 radical (unpaired) electrons. The minimum atomic E-state index is -1.58. The molecule has 2 heterocycles. The van der Waals surface area contributed by atoms with Crippen LogP contribution in [0.3, 0.4) is 0 Å². The van der Waals surface area contributed by atoms with E-state index in [0.29, 0.717) is 6.42 Å². The van der Waals surface area contributed by atoms with Crippen molar-refractivity contribution in [3.8, 4) is 0 Å². The number of aliphatic carboxylic acids is 1. The largest absolute Gasteiger partial charge is 0.479 e. The van der Waals surface area contributed by atoms with Gasteiger partial charge in [0, 0.05) is 0 Å². The molecule has 0 spiro atoms. The Balaban J connectivity index is 1.46. The van der Waals surface area contributed by atoms with Crippen LogP contribution in [0, 0.1) is 11.8 Å². The van der Waals surface area contributed by atoms with E-state index >= 15 is 0 Å². The van der Waals surface area contributed by atoms with Gasteiger partial charge in [-0.3, -0.25) is 0 Å². The molecule has 41 heavy (non-hydrogen) atoms. The summed E-state index contributed by atoms with van der Waals surface area (Å²) in [6.07, 6.45) is -8.71. The second-order valence-corrected chi connectivity index (χ2v) is 12.2. The van der Waals surface area contributed by atoms with Gasteiger partial charge in [0.2, 0.25) is 0 Å². The molecular formula is C28H48O13. The molecule has 13 nitrogen and oxygen atoms in total. The van der Waals surface area contributed by atoms with Crippen molar-refractivity contribution in [3.05, 3.63) is 0 Å². The van der Waals surface area contributed by atoms with Crippen LogP contribution in [0.15, 0.2) is 0 Å². The minimum absolute atomic E-state index is 0.0808. The molecule has 0 bridgehead atoms. The molecule has 0 aromatic carbocycles. The molecule has 4 aliphatic rings. The van der Waals surface area contributed by atoms with Gasteiger partial charge in [-0.2, -0.15) is 0 Å². The van der Waals surface area contributed by atoms with E-state index in [4.69, 9.17) is 23.7 Å². The molecule has 7 N–H and O–H groups in total. The second-order valence-electron chi connectivity index (χ2n) is 12.2. The average molecular weight is 593 g/mol. The topological polar surface area (TPSA) is 205 Å². The van der Waals surface area contributed by atoms with Crippen LogP contribution in [0.4, 0.5) is 0 Å². The lowest BCUT2D eigenvalue weighted by Gasteiger charge is -2.47. The predicted octanol–water partition coefficient (Wildman–Crippen LogP) is -0.348. The van der Waals surface area contributed by atoms with E-state index in [-0.39, 0.29) is 18.3 Å². The van der Waals surface area contributed by atoms with Crippen molar-refractivity contribution in [2.24, 2.45) is 11.8 Å². The van der Waals surface area contributed by atoms with Gasteiger partial charge in [-0.1, -0.05) is 45.4 Å². The third-order valence-electron chi connectivity index (χ3n) is 9.17. The number of aliphatic hydroxyl groups excluding tert-OH is 6. The Morgan fingerprint density at radius 3 is 2.12 bits per heavy atom. The smallest absolute Gasteiger partial charge is 0.332 e. The van der Waals surface area contributed by atoms with Crippen LogP contribution in [0.2, 0.25) is 0 Å². The van der Waals surface area contributed by atoms with Gasteiger partial charge in [-0.05, 0) is 38.0 Å². The van der Waals surface area contributed by atoms with Crippen molar-refractivity contribution >= 4 is 5.97 Å². The first kappa shape index (κ1) is 32.9. The lowest BCUT2D eigenvalue weighted by Crippen LogP contribution is -2.63. The maximum absolute atomic E-state index is 12.1. The fourth-order valence-electron chi connectivity index (χ4n) is 6.61. The van der Waals surface area contributed by atoms with Crippen molar-refractivity contribution in [3.63, 3.8) is 0 Å². The third-order valence-corrected chi connectivity index (χ3v) is 9.17. The molecule has 5 unspecified atom stereocenters. The van der Waals surface area contributed by atoms with Crippen molar-refractivity contribution in [2.75, 3.05) is 6.61 Å². The predicted molar refractivity (Wildman–Crippen MR) is 140 cm³/mol. The highest BCUT2D eigenvalue weighted by molar-refractivity contribution is 5.72. The standard InChI is InChI=1S/C28H48O13/c1-13-7-6-10-16(24(13)41-27-22(33)21(32)19(30)14(2)37-27)39-28-23(34)25(20(31)18(12-29)40-28)38-17(26(35)36)11-15-8-4-3-5-9-15/h13-25,27-34H,3-12H2,1-2H3,(H,35,36)/t13?,14?,16-,17+,18+,19-,20+,21+,22?,23?,24-,25?,27+,28-/m1/s1. The normalized spacial score (nSPS) is 45.3. The summed E-state index contributed by atoms with van der Waals surface area (Å²) in [6.45, 7) is 2.87. The van der Waals surface area contributed by atoms with E-state index in [9.17, 15) is 40.5 Å². The van der Waals surface area contributed by atoms with Crippen LogP contribution < -0.4 is 0 Å². The summed E-state index contributed by atoms with van der Waals surface area (Å²) >= 11 is 0. The van der Waals surface area contributed by atoms with Crippen LogP contribution >= 0.6 is 0 Å². The van der Waals surface area contributed by atoms with Crippen molar-refractivity contribution < 1.29 is 64.2 Å². The van der Waals surface area contributed by atoms with Crippen molar-refractivity contribution in [1.29, 1.82) is 0 Å². The van der Waals surface area contributed by atoms with Crippen LogP contribution in [-0.4, -0.2) is 128 Å². The van der Waals surface area contributed by atoms with E-state index in [0.717, 1.165) is 44.9 Å². The third kappa shape index (κ3) is 7.76. The minimum Gasteiger partial charge on any atom is -0.479 e. The van der Waals surface area contributed by atoms with Gasteiger partial charge < -0.3 is 59.4 Å². The van der Waals surface area contributed by atoms with Crippen LogP contribution in [0.5, 0.6) is 0 Å². The monoisotopic (exact) mass is 592 g/mol. The van der Waals surface area contributed by atoms with Crippen LogP contribution in [0.1, 0.15) is 71.6 Å². The summed E-state index contributed by atoms with van der Waals surface area (Å²) < 4.78 is 29.5. The SMILES string of the molecule is CC1O[C@@H](O[C@@H]2C(C)CCC[C@H]2O[C@@H]2O[C@@H](CO)[C@H](O)C(O[C@@H](CC3CCCCC3)C(=O)O)C2O)C(O)[C@@H](O)[C@@H]1O. The number of rotatable bonds is 10. The fourth-order valence-corrected chi connectivity index (χ4v) is 6.61. The number of carboxylic acids is 1. The van der Waals surface area contributed by atoms with E-state index in [1.165, 1.54) is 0 Å². The van der Waals surface area contributed by atoms with Gasteiger partial charge >= 0.3 is 5.97 Å². The average Bonchev–Trinajstić information content (AvgIpc) is 2.95.